The molecule has 1 aromatic rings. The topological polar surface area (TPSA) is 38.7 Å². The third-order valence-corrected chi connectivity index (χ3v) is 3.40. The molecule has 1 N–H and O–H groups in total. The molecule has 0 saturated carbocycles. The van der Waals surface area contributed by atoms with Gasteiger partial charge in [0.15, 0.2) is 0 Å². The van der Waals surface area contributed by atoms with Crippen molar-refractivity contribution >= 4 is 0 Å². The van der Waals surface area contributed by atoms with E-state index in [1.807, 2.05) is 19.1 Å². The van der Waals surface area contributed by atoms with Crippen molar-refractivity contribution in [3.8, 4) is 5.75 Å². The van der Waals surface area contributed by atoms with Gasteiger partial charge in [0.1, 0.15) is 11.4 Å². The van der Waals surface area contributed by atoms with Crippen LogP contribution in [0.5, 0.6) is 5.75 Å². The molecule has 0 fully saturated rings. The molecule has 3 heteroatoms. The predicted octanol–water partition coefficient (Wildman–Crippen LogP) is 2.26. The molecule has 1 aromatic carbocycles. The molecule has 1 heterocycles. The van der Waals surface area contributed by atoms with E-state index in [9.17, 15) is 5.11 Å². The van der Waals surface area contributed by atoms with Gasteiger partial charge < -0.3 is 14.6 Å². The summed E-state index contributed by atoms with van der Waals surface area (Å²) >= 11 is 0. The molecule has 1 atom stereocenters. The second-order valence-corrected chi connectivity index (χ2v) is 4.56. The summed E-state index contributed by atoms with van der Waals surface area (Å²) in [6, 6.07) is 5.99. The van der Waals surface area contributed by atoms with E-state index in [4.69, 9.17) is 9.47 Å². The summed E-state index contributed by atoms with van der Waals surface area (Å²) in [6.45, 7) is 2.99. The first kappa shape index (κ1) is 12.4. The minimum absolute atomic E-state index is 0.295. The third kappa shape index (κ3) is 2.31. The highest BCUT2D eigenvalue weighted by atomic mass is 16.5. The zero-order valence-corrected chi connectivity index (χ0v) is 10.5. The fraction of sp³-hybridized carbons (Fsp3) is 0.571. The van der Waals surface area contributed by atoms with Gasteiger partial charge in [0.25, 0.3) is 0 Å². The van der Waals surface area contributed by atoms with Crippen LogP contribution in [0, 0.1) is 0 Å². The van der Waals surface area contributed by atoms with Gasteiger partial charge in [-0.25, -0.2) is 0 Å². The first-order valence-electron chi connectivity index (χ1n) is 6.18. The Labute approximate surface area is 102 Å². The Bertz CT molecular complexity index is 389. The number of aliphatic hydroxyl groups is 1. The van der Waals surface area contributed by atoms with E-state index in [0.29, 0.717) is 13.0 Å². The van der Waals surface area contributed by atoms with Crippen LogP contribution in [0.15, 0.2) is 18.2 Å². The van der Waals surface area contributed by atoms with E-state index >= 15 is 0 Å². The van der Waals surface area contributed by atoms with Crippen LogP contribution in [0.3, 0.4) is 0 Å². The fourth-order valence-corrected chi connectivity index (χ4v) is 2.36. The lowest BCUT2D eigenvalue weighted by Gasteiger charge is -2.31. The first-order valence-corrected chi connectivity index (χ1v) is 6.18. The molecule has 0 spiro atoms. The maximum Gasteiger partial charge on any atom is 0.128 e. The fourth-order valence-electron chi connectivity index (χ4n) is 2.36. The van der Waals surface area contributed by atoms with E-state index in [1.165, 1.54) is 5.56 Å². The molecule has 1 aliphatic rings. The van der Waals surface area contributed by atoms with Gasteiger partial charge >= 0.3 is 0 Å². The van der Waals surface area contributed by atoms with E-state index in [-0.39, 0.29) is 0 Å². The van der Waals surface area contributed by atoms with E-state index in [2.05, 4.69) is 6.07 Å². The zero-order chi connectivity index (χ0) is 12.3. The maximum absolute atomic E-state index is 10.6. The lowest BCUT2D eigenvalue weighted by molar-refractivity contribution is -0.0405. The SMILES string of the molecule is CCC(O)(COC)c1cccc2c1OCCC2. The Morgan fingerprint density at radius 3 is 3.00 bits per heavy atom. The maximum atomic E-state index is 10.6. The predicted molar refractivity (Wildman–Crippen MR) is 66.3 cm³/mol. The summed E-state index contributed by atoms with van der Waals surface area (Å²) < 4.78 is 10.9. The monoisotopic (exact) mass is 236 g/mol. The van der Waals surface area contributed by atoms with Crippen LogP contribution in [0.1, 0.15) is 30.9 Å². The average molecular weight is 236 g/mol. The number of methoxy groups -OCH3 is 1. The van der Waals surface area contributed by atoms with Crippen molar-refractivity contribution in [1.82, 2.24) is 0 Å². The summed E-state index contributed by atoms with van der Waals surface area (Å²) in [5, 5.41) is 10.6. The molecular weight excluding hydrogens is 216 g/mol. The first-order chi connectivity index (χ1) is 8.21. The number of rotatable bonds is 4. The van der Waals surface area contributed by atoms with Crippen molar-refractivity contribution in [1.29, 1.82) is 0 Å². The second kappa shape index (κ2) is 5.07. The average Bonchev–Trinajstić information content (AvgIpc) is 2.38. The van der Waals surface area contributed by atoms with Gasteiger partial charge in [-0.1, -0.05) is 25.1 Å². The highest BCUT2D eigenvalue weighted by Crippen LogP contribution is 2.37. The quantitative estimate of drug-likeness (QED) is 0.871. The Morgan fingerprint density at radius 2 is 2.29 bits per heavy atom. The number of hydrogen-bond donors (Lipinski definition) is 1. The Balaban J connectivity index is 2.43. The van der Waals surface area contributed by atoms with Crippen molar-refractivity contribution in [2.75, 3.05) is 20.3 Å². The van der Waals surface area contributed by atoms with Gasteiger partial charge in [-0.2, -0.15) is 0 Å². The molecule has 1 aliphatic heterocycles. The second-order valence-electron chi connectivity index (χ2n) is 4.56. The summed E-state index contributed by atoms with van der Waals surface area (Å²) in [7, 11) is 1.61. The number of benzene rings is 1. The van der Waals surface area contributed by atoms with Gasteiger partial charge in [0.05, 0.1) is 13.2 Å². The number of hydrogen-bond acceptors (Lipinski definition) is 3. The van der Waals surface area contributed by atoms with Crippen LogP contribution in [0.2, 0.25) is 0 Å². The van der Waals surface area contributed by atoms with Gasteiger partial charge in [0, 0.05) is 12.7 Å². The lowest BCUT2D eigenvalue weighted by atomic mass is 9.88. The molecule has 1 unspecified atom stereocenters. The lowest BCUT2D eigenvalue weighted by Crippen LogP contribution is -2.31. The van der Waals surface area contributed by atoms with Crippen LogP contribution in [-0.2, 0) is 16.8 Å². The molecule has 0 amide bonds. The zero-order valence-electron chi connectivity index (χ0n) is 10.5. The molecule has 3 nitrogen and oxygen atoms in total. The largest absolute Gasteiger partial charge is 0.493 e. The van der Waals surface area contributed by atoms with Crippen molar-refractivity contribution in [2.24, 2.45) is 0 Å². The third-order valence-electron chi connectivity index (χ3n) is 3.40. The highest BCUT2D eigenvalue weighted by molar-refractivity contribution is 5.46. The summed E-state index contributed by atoms with van der Waals surface area (Å²) in [5.74, 6) is 0.861. The van der Waals surface area contributed by atoms with E-state index in [1.54, 1.807) is 7.11 Å². The van der Waals surface area contributed by atoms with Crippen molar-refractivity contribution in [3.63, 3.8) is 0 Å². The molecule has 17 heavy (non-hydrogen) atoms. The van der Waals surface area contributed by atoms with E-state index < -0.39 is 5.60 Å². The molecule has 94 valence electrons. The minimum Gasteiger partial charge on any atom is -0.493 e. The van der Waals surface area contributed by atoms with Gasteiger partial charge in [-0.15, -0.1) is 0 Å². The van der Waals surface area contributed by atoms with Crippen LogP contribution in [0.4, 0.5) is 0 Å². The van der Waals surface area contributed by atoms with Gasteiger partial charge in [0.2, 0.25) is 0 Å². The normalized spacial score (nSPS) is 18.1. The van der Waals surface area contributed by atoms with Crippen molar-refractivity contribution < 1.29 is 14.6 Å². The molecule has 0 bridgehead atoms. The number of para-hydroxylation sites is 1. The van der Waals surface area contributed by atoms with Crippen LogP contribution in [0.25, 0.3) is 0 Å². The molecule has 0 aromatic heterocycles. The smallest absolute Gasteiger partial charge is 0.128 e. The molecule has 0 aliphatic carbocycles. The Morgan fingerprint density at radius 1 is 1.47 bits per heavy atom. The standard InChI is InChI=1S/C14H20O3/c1-3-14(15,10-16-2)12-8-4-6-11-7-5-9-17-13(11)12/h4,6,8,15H,3,5,7,9-10H2,1-2H3. The summed E-state index contributed by atoms with van der Waals surface area (Å²) in [5.41, 5.74) is 1.10. The van der Waals surface area contributed by atoms with Gasteiger partial charge in [-0.3, -0.25) is 0 Å². The highest BCUT2D eigenvalue weighted by Gasteiger charge is 2.32. The number of fused-ring (bicyclic) bond motifs is 1. The summed E-state index contributed by atoms with van der Waals surface area (Å²) in [4.78, 5) is 0. The molecule has 0 radical (unpaired) electrons. The van der Waals surface area contributed by atoms with Crippen LogP contribution >= 0.6 is 0 Å². The summed E-state index contributed by atoms with van der Waals surface area (Å²) in [6.07, 6.45) is 2.68. The molecule has 0 saturated heterocycles. The molecular formula is C14H20O3. The van der Waals surface area contributed by atoms with Crippen LogP contribution in [-0.4, -0.2) is 25.4 Å². The number of aryl methyl sites for hydroxylation is 1. The van der Waals surface area contributed by atoms with Crippen LogP contribution < -0.4 is 4.74 Å². The Kier molecular flexibility index (Phi) is 3.69. The van der Waals surface area contributed by atoms with Crippen molar-refractivity contribution in [3.05, 3.63) is 29.3 Å². The van der Waals surface area contributed by atoms with Gasteiger partial charge in [-0.05, 0) is 24.8 Å². The van der Waals surface area contributed by atoms with Crippen molar-refractivity contribution in [2.45, 2.75) is 31.8 Å². The van der Waals surface area contributed by atoms with E-state index in [0.717, 1.165) is 30.8 Å². The molecule has 2 rings (SSSR count). The number of ether oxygens (including phenoxy) is 2. The Hall–Kier alpha value is -1.06. The minimum atomic E-state index is -0.947.